The molecule has 0 spiro atoms. The second-order valence-corrected chi connectivity index (χ2v) is 1.77. The van der Waals surface area contributed by atoms with Crippen molar-refractivity contribution in [1.82, 2.24) is 9.97 Å². The van der Waals surface area contributed by atoms with Crippen molar-refractivity contribution in [3.05, 3.63) is 0 Å². The summed E-state index contributed by atoms with van der Waals surface area (Å²) in [6.07, 6.45) is 0. The number of anilines is 4. The minimum absolute atomic E-state index is 0. The van der Waals surface area contributed by atoms with Crippen LogP contribution in [0.3, 0.4) is 0 Å². The fraction of sp³-hybridized carbons (Fsp3) is 0. The molecule has 0 unspecified atom stereocenters. The second-order valence-electron chi connectivity index (χ2n) is 1.77. The van der Waals surface area contributed by atoms with Gasteiger partial charge >= 0.3 is 0 Å². The summed E-state index contributed by atoms with van der Waals surface area (Å²) in [6, 6.07) is 0. The third-order valence-electron chi connectivity index (χ3n) is 1.02. The summed E-state index contributed by atoms with van der Waals surface area (Å²) >= 11 is 0. The van der Waals surface area contributed by atoms with Gasteiger partial charge in [-0.15, -0.1) is 37.2 Å². The predicted molar refractivity (Wildman–Crippen MR) is 61.4 cm³/mol. The number of nitrogen functional groups attached to an aromatic ring is 4. The second kappa shape index (κ2) is 6.64. The molecule has 1 heterocycles. The van der Waals surface area contributed by atoms with E-state index in [1.807, 2.05) is 0 Å². The molecule has 6 nitrogen and oxygen atoms in total. The van der Waals surface area contributed by atoms with Crippen molar-refractivity contribution in [1.29, 1.82) is 0 Å². The van der Waals surface area contributed by atoms with Crippen molar-refractivity contribution in [3.8, 4) is 0 Å². The summed E-state index contributed by atoms with van der Waals surface area (Å²) in [7, 11) is 0. The molecule has 0 aliphatic rings. The molecule has 1 aromatic rings. The van der Waals surface area contributed by atoms with Crippen molar-refractivity contribution in [3.63, 3.8) is 0 Å². The van der Waals surface area contributed by atoms with E-state index in [0.717, 1.165) is 0 Å². The van der Waals surface area contributed by atoms with Gasteiger partial charge in [-0.25, -0.2) is 0 Å². The Morgan fingerprint density at radius 2 is 1.00 bits per heavy atom. The fourth-order valence-corrected chi connectivity index (χ4v) is 0.523. The van der Waals surface area contributed by atoms with Gasteiger partial charge in [-0.2, -0.15) is 9.97 Å². The van der Waals surface area contributed by atoms with Crippen LogP contribution in [-0.2, 0) is 0 Å². The van der Waals surface area contributed by atoms with Crippen LogP contribution >= 0.6 is 37.2 Å². The Kier molecular flexibility index (Phi) is 9.22. The molecule has 78 valence electrons. The van der Waals surface area contributed by atoms with Gasteiger partial charge in [0.25, 0.3) is 0 Å². The Bertz CT molecular complexity index is 243. The van der Waals surface area contributed by atoms with E-state index < -0.39 is 0 Å². The number of nitrogens with two attached hydrogens (primary N) is 4. The zero-order valence-corrected chi connectivity index (χ0v) is 8.88. The quantitative estimate of drug-likeness (QED) is 0.515. The smallest absolute Gasteiger partial charge is 0.224 e. The Morgan fingerprint density at radius 3 is 1.31 bits per heavy atom. The summed E-state index contributed by atoms with van der Waals surface area (Å²) in [5.41, 5.74) is 21.3. The number of aromatic nitrogens is 2. The number of rotatable bonds is 0. The van der Waals surface area contributed by atoms with Crippen molar-refractivity contribution < 1.29 is 0 Å². The molecule has 0 atom stereocenters. The van der Waals surface area contributed by atoms with Gasteiger partial charge in [0, 0.05) is 0 Å². The van der Waals surface area contributed by atoms with Gasteiger partial charge in [0.1, 0.15) is 5.69 Å². The lowest BCUT2D eigenvalue weighted by Crippen LogP contribution is -2.07. The average Bonchev–Trinajstić information content (AvgIpc) is 1.82. The first-order valence-corrected chi connectivity index (χ1v) is 2.55. The third-order valence-corrected chi connectivity index (χ3v) is 1.02. The van der Waals surface area contributed by atoms with E-state index in [1.165, 1.54) is 0 Å². The van der Waals surface area contributed by atoms with E-state index in [1.54, 1.807) is 0 Å². The number of hydrogen-bond acceptors (Lipinski definition) is 6. The first-order chi connectivity index (χ1) is 4.61. The lowest BCUT2D eigenvalue weighted by atomic mass is 10.4. The van der Waals surface area contributed by atoms with Crippen molar-refractivity contribution in [2.45, 2.75) is 0 Å². The van der Waals surface area contributed by atoms with Gasteiger partial charge in [-0.1, -0.05) is 0 Å². The van der Waals surface area contributed by atoms with E-state index in [4.69, 9.17) is 22.9 Å². The number of nitrogens with zero attached hydrogens (tertiary/aromatic N) is 2. The van der Waals surface area contributed by atoms with Gasteiger partial charge in [0.2, 0.25) is 5.95 Å². The zero-order chi connectivity index (χ0) is 7.72. The molecule has 8 N–H and O–H groups in total. The summed E-state index contributed by atoms with van der Waals surface area (Å²) in [5, 5.41) is 0. The Labute approximate surface area is 93.7 Å². The highest BCUT2D eigenvalue weighted by Gasteiger charge is 2.02. The molecule has 0 saturated carbocycles. The highest BCUT2D eigenvalue weighted by molar-refractivity contribution is 5.86. The van der Waals surface area contributed by atoms with Crippen LogP contribution in [0.25, 0.3) is 0 Å². The Morgan fingerprint density at radius 1 is 0.692 bits per heavy atom. The maximum atomic E-state index is 5.32. The number of halogens is 3. The van der Waals surface area contributed by atoms with Crippen LogP contribution in [0.5, 0.6) is 0 Å². The molecule has 9 heteroatoms. The van der Waals surface area contributed by atoms with Gasteiger partial charge in [0.05, 0.1) is 0 Å². The predicted octanol–water partition coefficient (Wildman–Crippen LogP) is 0.0708. The van der Waals surface area contributed by atoms with E-state index in [-0.39, 0.29) is 60.5 Å². The standard InChI is InChI=1S/C4H8N6.3ClH/c5-1-2(6)9-4(8)10-3(1)7;;;/h5H2,(H6,6,7,8,9,10);3*1H. The lowest BCUT2D eigenvalue weighted by Gasteiger charge is -2.01. The van der Waals surface area contributed by atoms with Crippen molar-refractivity contribution >= 4 is 60.5 Å². The van der Waals surface area contributed by atoms with Crippen LogP contribution in [0.1, 0.15) is 0 Å². The first kappa shape index (κ1) is 18.0. The van der Waals surface area contributed by atoms with Crippen LogP contribution in [0.4, 0.5) is 23.3 Å². The van der Waals surface area contributed by atoms with Crippen LogP contribution < -0.4 is 22.9 Å². The topological polar surface area (TPSA) is 130 Å². The highest BCUT2D eigenvalue weighted by Crippen LogP contribution is 2.17. The molecule has 0 saturated heterocycles. The molecule has 1 aromatic heterocycles. The fourth-order valence-electron chi connectivity index (χ4n) is 0.523. The summed E-state index contributed by atoms with van der Waals surface area (Å²) in [6.45, 7) is 0. The highest BCUT2D eigenvalue weighted by atomic mass is 35.5. The summed E-state index contributed by atoms with van der Waals surface area (Å²) in [4.78, 5) is 7.15. The SMILES string of the molecule is Cl.Cl.Cl.Nc1nc(N)c(N)c(N)n1. The molecule has 0 aliphatic carbocycles. The average molecular weight is 250 g/mol. The van der Waals surface area contributed by atoms with Crippen molar-refractivity contribution in [2.24, 2.45) is 0 Å². The van der Waals surface area contributed by atoms with Crippen LogP contribution in [-0.4, -0.2) is 9.97 Å². The maximum absolute atomic E-state index is 5.32. The Hall–Kier alpha value is -0.850. The normalized spacial score (nSPS) is 7.38. The molecule has 1 rings (SSSR count). The zero-order valence-electron chi connectivity index (χ0n) is 6.43. The van der Waals surface area contributed by atoms with E-state index >= 15 is 0 Å². The number of hydrogen-bond donors (Lipinski definition) is 4. The van der Waals surface area contributed by atoms with E-state index in [9.17, 15) is 0 Å². The molecule has 0 bridgehead atoms. The molecular weight excluding hydrogens is 238 g/mol. The minimum Gasteiger partial charge on any atom is -0.393 e. The molecule has 0 aliphatic heterocycles. The molecule has 0 aromatic carbocycles. The largest absolute Gasteiger partial charge is 0.393 e. The van der Waals surface area contributed by atoms with Crippen LogP contribution in [0, 0.1) is 0 Å². The molecular formula is C4H11Cl3N6. The van der Waals surface area contributed by atoms with Gasteiger partial charge in [-0.05, 0) is 0 Å². The van der Waals surface area contributed by atoms with Crippen LogP contribution in [0.2, 0.25) is 0 Å². The lowest BCUT2D eigenvalue weighted by molar-refractivity contribution is 1.21. The third kappa shape index (κ3) is 4.07. The molecule has 13 heavy (non-hydrogen) atoms. The van der Waals surface area contributed by atoms with Crippen LogP contribution in [0.15, 0.2) is 0 Å². The van der Waals surface area contributed by atoms with Gasteiger partial charge in [0.15, 0.2) is 11.6 Å². The molecule has 0 amide bonds. The van der Waals surface area contributed by atoms with E-state index in [2.05, 4.69) is 9.97 Å². The maximum Gasteiger partial charge on any atom is 0.224 e. The molecule has 0 radical (unpaired) electrons. The Balaban J connectivity index is -0.000000333. The first-order valence-electron chi connectivity index (χ1n) is 2.55. The van der Waals surface area contributed by atoms with Gasteiger partial charge in [-0.3, -0.25) is 0 Å². The minimum atomic E-state index is 0. The summed E-state index contributed by atoms with van der Waals surface area (Å²) < 4.78 is 0. The molecule has 0 fully saturated rings. The summed E-state index contributed by atoms with van der Waals surface area (Å²) in [5.74, 6) is 0.263. The van der Waals surface area contributed by atoms with Crippen molar-refractivity contribution in [2.75, 3.05) is 22.9 Å². The van der Waals surface area contributed by atoms with Gasteiger partial charge < -0.3 is 22.9 Å². The van der Waals surface area contributed by atoms with E-state index in [0.29, 0.717) is 0 Å². The monoisotopic (exact) mass is 248 g/mol.